The van der Waals surface area contributed by atoms with Crippen LogP contribution in [0.15, 0.2) is 12.2 Å². The molecule has 0 aromatic heterocycles. The predicted molar refractivity (Wildman–Crippen MR) is 124 cm³/mol. The molecule has 29 heavy (non-hydrogen) atoms. The van der Waals surface area contributed by atoms with Crippen molar-refractivity contribution in [1.29, 1.82) is 0 Å². The Labute approximate surface area is 181 Å². The van der Waals surface area contributed by atoms with Crippen LogP contribution in [0, 0.1) is 52.3 Å². The molecule has 4 fully saturated rings. The molecule has 4 rings (SSSR count). The zero-order valence-corrected chi connectivity index (χ0v) is 20.1. The van der Waals surface area contributed by atoms with E-state index in [-0.39, 0.29) is 6.10 Å². The quantitative estimate of drug-likeness (QED) is 0.470. The van der Waals surface area contributed by atoms with Gasteiger partial charge in [-0.15, -0.1) is 0 Å². The number of fused-ring (bicyclic) bond motifs is 5. The lowest BCUT2D eigenvalue weighted by Gasteiger charge is -2.61. The summed E-state index contributed by atoms with van der Waals surface area (Å²) in [5, 5.41) is 10.3. The van der Waals surface area contributed by atoms with Gasteiger partial charge in [0.25, 0.3) is 0 Å². The van der Waals surface area contributed by atoms with E-state index in [1.54, 1.807) is 5.57 Å². The van der Waals surface area contributed by atoms with E-state index in [2.05, 4.69) is 34.6 Å². The van der Waals surface area contributed by atoms with Crippen LogP contribution in [-0.2, 0) is 0 Å². The molecule has 0 aliphatic heterocycles. The summed E-state index contributed by atoms with van der Waals surface area (Å²) >= 11 is 0. The summed E-state index contributed by atoms with van der Waals surface area (Å²) < 4.78 is 0. The van der Waals surface area contributed by atoms with Gasteiger partial charge in [0.15, 0.2) is 0 Å². The van der Waals surface area contributed by atoms with Crippen molar-refractivity contribution in [1.82, 2.24) is 0 Å². The van der Waals surface area contributed by atoms with Crippen molar-refractivity contribution in [2.45, 2.75) is 111 Å². The number of hydrogen-bond donors (Lipinski definition) is 1. The third-order valence-electron chi connectivity index (χ3n) is 10.8. The van der Waals surface area contributed by atoms with Gasteiger partial charge in [-0.2, -0.15) is 0 Å². The molecule has 166 valence electrons. The van der Waals surface area contributed by atoms with E-state index in [9.17, 15) is 5.11 Å². The first-order valence-corrected chi connectivity index (χ1v) is 13.0. The number of aliphatic hydroxyl groups is 1. The average Bonchev–Trinajstić information content (AvgIpc) is 3.00. The highest BCUT2D eigenvalue weighted by atomic mass is 16.3. The van der Waals surface area contributed by atoms with Gasteiger partial charge in [0, 0.05) is 0 Å². The van der Waals surface area contributed by atoms with Crippen molar-refractivity contribution in [3.63, 3.8) is 0 Å². The second-order valence-electron chi connectivity index (χ2n) is 12.8. The number of rotatable bonds is 5. The van der Waals surface area contributed by atoms with Crippen molar-refractivity contribution in [2.24, 2.45) is 52.3 Å². The molecule has 0 aromatic carbocycles. The molecule has 0 heterocycles. The molecule has 4 aliphatic carbocycles. The lowest BCUT2D eigenvalue weighted by Crippen LogP contribution is -2.54. The van der Waals surface area contributed by atoms with Gasteiger partial charge in [-0.1, -0.05) is 66.0 Å². The molecular formula is C28H48O. The maximum Gasteiger partial charge on any atom is 0.0543 e. The molecular weight excluding hydrogens is 352 g/mol. The molecule has 0 radical (unpaired) electrons. The van der Waals surface area contributed by atoms with Crippen molar-refractivity contribution in [3.05, 3.63) is 12.2 Å². The van der Waals surface area contributed by atoms with Gasteiger partial charge in [0.1, 0.15) is 0 Å². The molecule has 1 N–H and O–H groups in total. The number of hydrogen-bond acceptors (Lipinski definition) is 1. The summed E-state index contributed by atoms with van der Waals surface area (Å²) in [6.07, 6.45) is 14.4. The molecule has 0 aromatic rings. The Morgan fingerprint density at radius 1 is 0.966 bits per heavy atom. The lowest BCUT2D eigenvalue weighted by molar-refractivity contribution is -0.107. The topological polar surface area (TPSA) is 20.2 Å². The summed E-state index contributed by atoms with van der Waals surface area (Å²) in [5.74, 6) is 5.79. The highest BCUT2D eigenvalue weighted by Gasteiger charge is 2.61. The molecule has 1 heteroatoms. The van der Waals surface area contributed by atoms with Crippen LogP contribution in [0.25, 0.3) is 0 Å². The standard InChI is InChI=1S/C28H48O/c1-18(2)8-7-9-19(3)23-10-11-24-26-20(4)16-21-17-22(29)12-14-27(21,5)25(26)13-15-28(23,24)6/h18-19,21-26,29H,4,7-17H2,1-3,5-6H3/t19-,21+,22?,23?,24?,25?,26?,27?,28?/m1/s1. The van der Waals surface area contributed by atoms with E-state index < -0.39 is 0 Å². The third kappa shape index (κ3) is 3.66. The summed E-state index contributed by atoms with van der Waals surface area (Å²) in [7, 11) is 0. The first-order valence-electron chi connectivity index (χ1n) is 13.0. The summed E-state index contributed by atoms with van der Waals surface area (Å²) in [6.45, 7) is 17.3. The Morgan fingerprint density at radius 2 is 1.66 bits per heavy atom. The fourth-order valence-corrected chi connectivity index (χ4v) is 9.13. The van der Waals surface area contributed by atoms with Crippen LogP contribution in [0.2, 0.25) is 0 Å². The van der Waals surface area contributed by atoms with Gasteiger partial charge >= 0.3 is 0 Å². The minimum Gasteiger partial charge on any atom is -0.393 e. The maximum absolute atomic E-state index is 10.3. The maximum atomic E-state index is 10.3. The van der Waals surface area contributed by atoms with E-state index in [1.165, 1.54) is 57.8 Å². The number of allylic oxidation sites excluding steroid dienone is 1. The summed E-state index contributed by atoms with van der Waals surface area (Å²) in [4.78, 5) is 0. The second-order valence-corrected chi connectivity index (χ2v) is 12.8. The van der Waals surface area contributed by atoms with Crippen LogP contribution in [0.5, 0.6) is 0 Å². The lowest BCUT2D eigenvalue weighted by atomic mass is 9.43. The van der Waals surface area contributed by atoms with Crippen molar-refractivity contribution in [3.8, 4) is 0 Å². The molecule has 4 saturated carbocycles. The Kier molecular flexibility index (Phi) is 6.04. The first kappa shape index (κ1) is 21.9. The van der Waals surface area contributed by atoms with E-state index in [0.717, 1.165) is 48.3 Å². The van der Waals surface area contributed by atoms with Crippen LogP contribution in [0.4, 0.5) is 0 Å². The van der Waals surface area contributed by atoms with Crippen LogP contribution in [-0.4, -0.2) is 11.2 Å². The Bertz CT molecular complexity index is 607. The molecule has 1 nitrogen and oxygen atoms in total. The molecule has 4 aliphatic rings. The van der Waals surface area contributed by atoms with Gasteiger partial charge < -0.3 is 5.11 Å². The minimum absolute atomic E-state index is 0.0613. The largest absolute Gasteiger partial charge is 0.393 e. The van der Waals surface area contributed by atoms with Crippen molar-refractivity contribution >= 4 is 0 Å². The molecule has 0 amide bonds. The number of aliphatic hydroxyl groups excluding tert-OH is 1. The highest BCUT2D eigenvalue weighted by molar-refractivity contribution is 5.21. The average molecular weight is 401 g/mol. The fraction of sp³-hybridized carbons (Fsp3) is 0.929. The molecule has 7 unspecified atom stereocenters. The molecule has 0 bridgehead atoms. The van der Waals surface area contributed by atoms with E-state index in [4.69, 9.17) is 6.58 Å². The highest BCUT2D eigenvalue weighted by Crippen LogP contribution is 2.69. The zero-order chi connectivity index (χ0) is 21.0. The predicted octanol–water partition coefficient (Wildman–Crippen LogP) is 7.63. The van der Waals surface area contributed by atoms with Gasteiger partial charge in [-0.25, -0.2) is 0 Å². The molecule has 0 saturated heterocycles. The fourth-order valence-electron chi connectivity index (χ4n) is 9.13. The van der Waals surface area contributed by atoms with Crippen molar-refractivity contribution < 1.29 is 5.11 Å². The second kappa shape index (κ2) is 7.99. The minimum atomic E-state index is -0.0613. The van der Waals surface area contributed by atoms with E-state index in [0.29, 0.717) is 16.7 Å². The molecule has 9 atom stereocenters. The summed E-state index contributed by atoms with van der Waals surface area (Å²) in [6, 6.07) is 0. The van der Waals surface area contributed by atoms with E-state index >= 15 is 0 Å². The van der Waals surface area contributed by atoms with Crippen LogP contribution < -0.4 is 0 Å². The van der Waals surface area contributed by atoms with Gasteiger partial charge in [0.05, 0.1) is 6.10 Å². The van der Waals surface area contributed by atoms with Crippen LogP contribution in [0.3, 0.4) is 0 Å². The Hall–Kier alpha value is -0.300. The first-order chi connectivity index (χ1) is 13.7. The Balaban J connectivity index is 1.51. The Morgan fingerprint density at radius 3 is 2.38 bits per heavy atom. The van der Waals surface area contributed by atoms with Gasteiger partial charge in [0.2, 0.25) is 0 Å². The molecule has 0 spiro atoms. The smallest absolute Gasteiger partial charge is 0.0543 e. The van der Waals surface area contributed by atoms with Crippen molar-refractivity contribution in [2.75, 3.05) is 0 Å². The monoisotopic (exact) mass is 400 g/mol. The van der Waals surface area contributed by atoms with E-state index in [1.807, 2.05) is 0 Å². The van der Waals surface area contributed by atoms with Crippen LogP contribution in [0.1, 0.15) is 105 Å². The normalized spacial score (nSPS) is 48.2. The zero-order valence-electron chi connectivity index (χ0n) is 20.1. The van der Waals surface area contributed by atoms with Gasteiger partial charge in [-0.05, 0) is 104 Å². The van der Waals surface area contributed by atoms with Crippen LogP contribution >= 0.6 is 0 Å². The SMILES string of the molecule is C=C1C[C@H]2CC(O)CCC2(C)C2CCC3(C)C(CCC3[C@H](C)CCCC(C)C)C12. The van der Waals surface area contributed by atoms with Gasteiger partial charge in [-0.3, -0.25) is 0 Å². The summed E-state index contributed by atoms with van der Waals surface area (Å²) in [5.41, 5.74) is 2.56. The third-order valence-corrected chi connectivity index (χ3v) is 10.8.